The summed E-state index contributed by atoms with van der Waals surface area (Å²) in [5, 5.41) is 12.7. The van der Waals surface area contributed by atoms with Crippen molar-refractivity contribution in [1.29, 1.82) is 0 Å². The van der Waals surface area contributed by atoms with Crippen molar-refractivity contribution in [2.24, 2.45) is 0 Å². The zero-order valence-electron chi connectivity index (χ0n) is 10.8. The minimum atomic E-state index is -1.02. The second-order valence-corrected chi connectivity index (χ2v) is 4.89. The summed E-state index contributed by atoms with van der Waals surface area (Å²) in [6, 6.07) is 6.31. The van der Waals surface area contributed by atoms with E-state index in [1.165, 1.54) is 11.1 Å². The lowest BCUT2D eigenvalue weighted by atomic mass is 9.88. The molecule has 1 aromatic carbocycles. The minimum Gasteiger partial charge on any atom is -0.476 e. The van der Waals surface area contributed by atoms with Crippen LogP contribution in [0.1, 0.15) is 40.5 Å². The fraction of sp³-hybridized carbons (Fsp3) is 0.333. The molecule has 98 valence electrons. The second kappa shape index (κ2) is 4.53. The molecule has 1 aliphatic rings. The molecule has 0 amide bonds. The molecule has 1 aromatic heterocycles. The highest BCUT2D eigenvalue weighted by atomic mass is 16.5. The Kier molecular flexibility index (Phi) is 2.85. The largest absolute Gasteiger partial charge is 0.476 e. The fourth-order valence-electron chi connectivity index (χ4n) is 2.70. The van der Waals surface area contributed by atoms with Crippen LogP contribution in [-0.2, 0) is 19.3 Å². The smallest absolute Gasteiger partial charge is 0.358 e. The normalized spacial score (nSPS) is 12.9. The van der Waals surface area contributed by atoms with Crippen molar-refractivity contribution in [3.8, 4) is 11.3 Å². The Bertz CT molecular complexity index is 643. The molecule has 0 aliphatic heterocycles. The number of aryl methyl sites for hydroxylation is 2. The summed E-state index contributed by atoms with van der Waals surface area (Å²) < 4.78 is 5.24. The van der Waals surface area contributed by atoms with E-state index in [9.17, 15) is 4.79 Å². The standard InChI is InChI=1S/C15H15NO3/c1-2-3-9-4-6-11-10(8-9)5-7-12-13(15(17)18)16-19-14(11)12/h4,6,8H,2-3,5,7H2,1H3,(H,17,18). The van der Waals surface area contributed by atoms with Gasteiger partial charge in [0.2, 0.25) is 0 Å². The molecule has 19 heavy (non-hydrogen) atoms. The molecule has 0 unspecified atom stereocenters. The monoisotopic (exact) mass is 257 g/mol. The lowest BCUT2D eigenvalue weighted by Gasteiger charge is -2.15. The van der Waals surface area contributed by atoms with Gasteiger partial charge in [-0.05, 0) is 30.4 Å². The van der Waals surface area contributed by atoms with Crippen molar-refractivity contribution in [2.75, 3.05) is 0 Å². The van der Waals surface area contributed by atoms with Gasteiger partial charge in [0.15, 0.2) is 11.5 Å². The Morgan fingerprint density at radius 3 is 3.00 bits per heavy atom. The molecule has 1 heterocycles. The molecule has 2 aromatic rings. The van der Waals surface area contributed by atoms with Gasteiger partial charge in [0.25, 0.3) is 0 Å². The van der Waals surface area contributed by atoms with E-state index in [2.05, 4.69) is 24.2 Å². The zero-order chi connectivity index (χ0) is 13.4. The van der Waals surface area contributed by atoms with E-state index in [1.54, 1.807) is 0 Å². The summed E-state index contributed by atoms with van der Waals surface area (Å²) in [4.78, 5) is 11.1. The van der Waals surface area contributed by atoms with Gasteiger partial charge in [0, 0.05) is 11.1 Å². The van der Waals surface area contributed by atoms with E-state index in [0.29, 0.717) is 12.2 Å². The molecule has 1 N–H and O–H groups in total. The van der Waals surface area contributed by atoms with Gasteiger partial charge in [0.05, 0.1) is 0 Å². The molecule has 0 spiro atoms. The average molecular weight is 257 g/mol. The maximum atomic E-state index is 11.1. The summed E-state index contributed by atoms with van der Waals surface area (Å²) >= 11 is 0. The van der Waals surface area contributed by atoms with E-state index in [0.717, 1.165) is 30.4 Å². The summed E-state index contributed by atoms with van der Waals surface area (Å²) in [6.45, 7) is 2.16. The molecule has 1 aliphatic carbocycles. The number of aromatic carboxylic acids is 1. The molecule has 0 fully saturated rings. The number of aromatic nitrogens is 1. The van der Waals surface area contributed by atoms with Gasteiger partial charge in [-0.3, -0.25) is 0 Å². The maximum Gasteiger partial charge on any atom is 0.358 e. The van der Waals surface area contributed by atoms with Crippen LogP contribution in [0.25, 0.3) is 11.3 Å². The number of fused-ring (bicyclic) bond motifs is 3. The molecule has 4 nitrogen and oxygen atoms in total. The number of hydrogen-bond donors (Lipinski definition) is 1. The first-order chi connectivity index (χ1) is 9.20. The van der Waals surface area contributed by atoms with E-state index in [-0.39, 0.29) is 5.69 Å². The van der Waals surface area contributed by atoms with Gasteiger partial charge in [-0.2, -0.15) is 0 Å². The van der Waals surface area contributed by atoms with Crippen LogP contribution >= 0.6 is 0 Å². The van der Waals surface area contributed by atoms with Crippen LogP contribution < -0.4 is 0 Å². The van der Waals surface area contributed by atoms with Crippen LogP contribution in [-0.4, -0.2) is 16.2 Å². The number of carboxylic acids is 1. The van der Waals surface area contributed by atoms with Gasteiger partial charge in [0.1, 0.15) is 0 Å². The number of hydrogen-bond acceptors (Lipinski definition) is 3. The summed E-state index contributed by atoms with van der Waals surface area (Å²) in [7, 11) is 0. The Morgan fingerprint density at radius 1 is 1.42 bits per heavy atom. The quantitative estimate of drug-likeness (QED) is 0.917. The summed E-state index contributed by atoms with van der Waals surface area (Å²) in [5.74, 6) is -0.391. The molecule has 0 atom stereocenters. The lowest BCUT2D eigenvalue weighted by Crippen LogP contribution is -2.07. The minimum absolute atomic E-state index is 0.0540. The molecule has 0 bridgehead atoms. The molecule has 4 heteroatoms. The number of benzene rings is 1. The highest BCUT2D eigenvalue weighted by Gasteiger charge is 2.27. The topological polar surface area (TPSA) is 63.3 Å². The predicted octanol–water partition coefficient (Wildman–Crippen LogP) is 3.09. The third-order valence-electron chi connectivity index (χ3n) is 3.59. The van der Waals surface area contributed by atoms with Crippen molar-refractivity contribution in [2.45, 2.75) is 32.6 Å². The highest BCUT2D eigenvalue weighted by Crippen LogP contribution is 2.35. The van der Waals surface area contributed by atoms with Crippen LogP contribution in [0.5, 0.6) is 0 Å². The number of nitrogens with zero attached hydrogens (tertiary/aromatic N) is 1. The first-order valence-corrected chi connectivity index (χ1v) is 6.54. The maximum absolute atomic E-state index is 11.1. The van der Waals surface area contributed by atoms with E-state index < -0.39 is 5.97 Å². The van der Waals surface area contributed by atoms with Crippen LogP contribution in [0.3, 0.4) is 0 Å². The van der Waals surface area contributed by atoms with Gasteiger partial charge >= 0.3 is 5.97 Å². The Balaban J connectivity index is 2.07. The first-order valence-electron chi connectivity index (χ1n) is 6.54. The third-order valence-corrected chi connectivity index (χ3v) is 3.59. The Morgan fingerprint density at radius 2 is 2.26 bits per heavy atom. The van der Waals surface area contributed by atoms with Crippen LogP contribution in [0.15, 0.2) is 22.7 Å². The van der Waals surface area contributed by atoms with E-state index in [1.807, 2.05) is 6.07 Å². The van der Waals surface area contributed by atoms with Crippen LogP contribution in [0, 0.1) is 0 Å². The van der Waals surface area contributed by atoms with Crippen LogP contribution in [0.4, 0.5) is 0 Å². The SMILES string of the molecule is CCCc1ccc2c(c1)CCc1c(C(=O)O)noc1-2. The fourth-order valence-corrected chi connectivity index (χ4v) is 2.70. The van der Waals surface area contributed by atoms with Crippen molar-refractivity contribution < 1.29 is 14.4 Å². The van der Waals surface area contributed by atoms with Crippen molar-refractivity contribution in [1.82, 2.24) is 5.16 Å². The van der Waals surface area contributed by atoms with Gasteiger partial charge in [-0.15, -0.1) is 0 Å². The van der Waals surface area contributed by atoms with E-state index in [4.69, 9.17) is 9.63 Å². The van der Waals surface area contributed by atoms with Crippen LogP contribution in [0.2, 0.25) is 0 Å². The zero-order valence-corrected chi connectivity index (χ0v) is 10.8. The highest BCUT2D eigenvalue weighted by molar-refractivity contribution is 5.89. The average Bonchev–Trinajstić information content (AvgIpc) is 2.83. The van der Waals surface area contributed by atoms with Crippen molar-refractivity contribution in [3.63, 3.8) is 0 Å². The number of carboxylic acid groups (broad SMARTS) is 1. The molecular formula is C15H15NO3. The van der Waals surface area contributed by atoms with Gasteiger partial charge in [-0.25, -0.2) is 4.79 Å². The summed E-state index contributed by atoms with van der Waals surface area (Å²) in [5.41, 5.74) is 4.32. The molecular weight excluding hydrogens is 242 g/mol. The van der Waals surface area contributed by atoms with Crippen molar-refractivity contribution in [3.05, 3.63) is 40.6 Å². The molecule has 0 radical (unpaired) electrons. The van der Waals surface area contributed by atoms with Gasteiger partial charge in [-0.1, -0.05) is 36.7 Å². The van der Waals surface area contributed by atoms with Gasteiger partial charge < -0.3 is 9.63 Å². The second-order valence-electron chi connectivity index (χ2n) is 4.89. The number of carbonyl (C=O) groups is 1. The Hall–Kier alpha value is -2.10. The molecule has 3 rings (SSSR count). The number of rotatable bonds is 3. The predicted molar refractivity (Wildman–Crippen MR) is 70.3 cm³/mol. The lowest BCUT2D eigenvalue weighted by molar-refractivity contribution is 0.0685. The molecule has 0 saturated heterocycles. The first kappa shape index (κ1) is 12.0. The molecule has 0 saturated carbocycles. The van der Waals surface area contributed by atoms with E-state index >= 15 is 0 Å². The third kappa shape index (κ3) is 1.93. The summed E-state index contributed by atoms with van der Waals surface area (Å²) in [6.07, 6.45) is 3.72. The van der Waals surface area contributed by atoms with Crippen molar-refractivity contribution >= 4 is 5.97 Å². The Labute approximate surface area is 111 Å².